The second kappa shape index (κ2) is 7.39. The van der Waals surface area contributed by atoms with Gasteiger partial charge in [0.1, 0.15) is 5.71 Å². The Bertz CT molecular complexity index is 876. The molecule has 1 aromatic carbocycles. The third-order valence-electron chi connectivity index (χ3n) is 4.63. The van der Waals surface area contributed by atoms with Crippen LogP contribution in [-0.4, -0.2) is 29.6 Å². The Morgan fingerprint density at radius 1 is 1.12 bits per heavy atom. The first kappa shape index (κ1) is 18.1. The van der Waals surface area contributed by atoms with Crippen molar-refractivity contribution in [3.63, 3.8) is 0 Å². The number of benzene rings is 1. The maximum absolute atomic E-state index is 12.8. The Kier molecular flexibility index (Phi) is 5.15. The van der Waals surface area contributed by atoms with Crippen LogP contribution < -0.4 is 5.01 Å². The lowest BCUT2D eigenvalue weighted by Crippen LogP contribution is -2.33. The summed E-state index contributed by atoms with van der Waals surface area (Å²) in [4.78, 5) is 15.8. The van der Waals surface area contributed by atoms with Crippen LogP contribution in [0.4, 0.5) is 5.69 Å². The summed E-state index contributed by atoms with van der Waals surface area (Å²) >= 11 is 20.1. The summed E-state index contributed by atoms with van der Waals surface area (Å²) in [5, 5.41) is 7.54. The van der Waals surface area contributed by atoms with E-state index in [0.29, 0.717) is 26.5 Å². The molecule has 0 bridgehead atoms. The lowest BCUT2D eigenvalue weighted by molar-refractivity contribution is -0.123. The molecule has 2 aromatic rings. The van der Waals surface area contributed by atoms with E-state index >= 15 is 0 Å². The van der Waals surface area contributed by atoms with Gasteiger partial charge in [0.15, 0.2) is 0 Å². The normalized spacial score (nSPS) is 20.0. The molecule has 1 atom stereocenters. The fourth-order valence-corrected chi connectivity index (χ4v) is 5.00. The Balaban J connectivity index is 1.70. The maximum atomic E-state index is 12.8. The van der Waals surface area contributed by atoms with Gasteiger partial charge in [-0.25, -0.2) is 0 Å². The van der Waals surface area contributed by atoms with Gasteiger partial charge in [-0.05, 0) is 43.2 Å². The van der Waals surface area contributed by atoms with Crippen molar-refractivity contribution >= 4 is 63.4 Å². The second-order valence-corrected chi connectivity index (χ2v) is 8.94. The Morgan fingerprint density at radius 2 is 1.88 bits per heavy atom. The molecule has 1 fully saturated rings. The number of rotatable bonds is 3. The fraction of sp³-hybridized carbons (Fsp3) is 0.333. The van der Waals surface area contributed by atoms with Gasteiger partial charge in [0.05, 0.1) is 21.1 Å². The average molecular weight is 429 g/mol. The standard InChI is InChI=1S/C18H16Cl3N3OS/c19-11-3-4-14(12(20)9-11)24-15(16-5-6-17(21)26-16)10-13(22-24)18(25)23-7-1-2-8-23/h3-6,9,15H,1-2,7-8,10H2. The molecule has 4 rings (SSSR count). The minimum absolute atomic E-state index is 0.0164. The highest BCUT2D eigenvalue weighted by Gasteiger charge is 2.36. The summed E-state index contributed by atoms with van der Waals surface area (Å²) in [5.74, 6) is 0.0164. The fourth-order valence-electron chi connectivity index (χ4n) is 3.36. The van der Waals surface area contributed by atoms with Crippen molar-refractivity contribution in [1.82, 2.24) is 4.90 Å². The predicted octanol–water partition coefficient (Wildman–Crippen LogP) is 5.64. The van der Waals surface area contributed by atoms with Crippen molar-refractivity contribution in [1.29, 1.82) is 0 Å². The summed E-state index contributed by atoms with van der Waals surface area (Å²) in [6.45, 7) is 1.60. The number of hydrazone groups is 1. The summed E-state index contributed by atoms with van der Waals surface area (Å²) < 4.78 is 0.710. The van der Waals surface area contributed by atoms with Gasteiger partial charge in [0.2, 0.25) is 0 Å². The molecule has 0 N–H and O–H groups in total. The molecule has 0 radical (unpaired) electrons. The molecule has 136 valence electrons. The molecule has 2 aliphatic rings. The predicted molar refractivity (Wildman–Crippen MR) is 109 cm³/mol. The van der Waals surface area contributed by atoms with Gasteiger partial charge >= 0.3 is 0 Å². The van der Waals surface area contributed by atoms with Crippen LogP contribution in [0.2, 0.25) is 14.4 Å². The van der Waals surface area contributed by atoms with E-state index in [1.165, 1.54) is 11.3 Å². The molecular weight excluding hydrogens is 413 g/mol. The lowest BCUT2D eigenvalue weighted by Gasteiger charge is -2.23. The Morgan fingerprint density at radius 3 is 2.54 bits per heavy atom. The van der Waals surface area contributed by atoms with Crippen LogP contribution in [0.5, 0.6) is 0 Å². The minimum Gasteiger partial charge on any atom is -0.338 e. The highest BCUT2D eigenvalue weighted by atomic mass is 35.5. The molecule has 1 saturated heterocycles. The van der Waals surface area contributed by atoms with Crippen molar-refractivity contribution in [3.05, 3.63) is 49.6 Å². The topological polar surface area (TPSA) is 35.9 Å². The Labute approximate surface area is 170 Å². The zero-order chi connectivity index (χ0) is 18.3. The van der Waals surface area contributed by atoms with Crippen molar-refractivity contribution in [2.45, 2.75) is 25.3 Å². The third-order valence-corrected chi connectivity index (χ3v) is 6.50. The number of carbonyl (C=O) groups is 1. The molecule has 0 saturated carbocycles. The van der Waals surface area contributed by atoms with Gasteiger partial charge in [-0.2, -0.15) is 5.10 Å². The van der Waals surface area contributed by atoms with Gasteiger partial charge < -0.3 is 4.90 Å². The first-order chi connectivity index (χ1) is 12.5. The van der Waals surface area contributed by atoms with E-state index in [0.717, 1.165) is 36.5 Å². The molecule has 3 heterocycles. The summed E-state index contributed by atoms with van der Waals surface area (Å²) in [7, 11) is 0. The van der Waals surface area contributed by atoms with E-state index in [1.54, 1.807) is 12.1 Å². The second-order valence-electron chi connectivity index (χ2n) is 6.35. The van der Waals surface area contributed by atoms with Crippen LogP contribution >= 0.6 is 46.1 Å². The number of amides is 1. The van der Waals surface area contributed by atoms with E-state index in [1.807, 2.05) is 28.1 Å². The number of hydrogen-bond acceptors (Lipinski definition) is 4. The molecule has 0 aliphatic carbocycles. The van der Waals surface area contributed by atoms with Crippen molar-refractivity contribution < 1.29 is 4.79 Å². The highest BCUT2D eigenvalue weighted by molar-refractivity contribution is 7.16. The van der Waals surface area contributed by atoms with Crippen LogP contribution in [0.25, 0.3) is 0 Å². The van der Waals surface area contributed by atoms with Crippen LogP contribution in [0.3, 0.4) is 0 Å². The molecule has 0 spiro atoms. The monoisotopic (exact) mass is 427 g/mol. The van der Waals surface area contributed by atoms with E-state index in [-0.39, 0.29) is 11.9 Å². The third kappa shape index (κ3) is 3.46. The first-order valence-electron chi connectivity index (χ1n) is 8.39. The van der Waals surface area contributed by atoms with E-state index < -0.39 is 0 Å². The first-order valence-corrected chi connectivity index (χ1v) is 10.3. The van der Waals surface area contributed by atoms with Gasteiger partial charge in [0, 0.05) is 29.4 Å². The van der Waals surface area contributed by atoms with Crippen molar-refractivity contribution in [2.75, 3.05) is 18.1 Å². The zero-order valence-electron chi connectivity index (χ0n) is 13.8. The van der Waals surface area contributed by atoms with Crippen LogP contribution in [0, 0.1) is 0 Å². The number of likely N-dealkylation sites (tertiary alicyclic amines) is 1. The molecule has 8 heteroatoms. The van der Waals surface area contributed by atoms with Crippen LogP contribution in [0.1, 0.15) is 30.2 Å². The number of hydrogen-bond donors (Lipinski definition) is 0. The van der Waals surface area contributed by atoms with Crippen LogP contribution in [0.15, 0.2) is 35.4 Å². The minimum atomic E-state index is -0.104. The number of halogens is 3. The van der Waals surface area contributed by atoms with Crippen molar-refractivity contribution in [2.24, 2.45) is 5.10 Å². The maximum Gasteiger partial charge on any atom is 0.270 e. The smallest absolute Gasteiger partial charge is 0.270 e. The zero-order valence-corrected chi connectivity index (χ0v) is 16.9. The number of anilines is 1. The van der Waals surface area contributed by atoms with Gasteiger partial charge in [-0.1, -0.05) is 34.8 Å². The summed E-state index contributed by atoms with van der Waals surface area (Å²) in [5.41, 5.74) is 1.29. The molecular formula is C18H16Cl3N3OS. The van der Waals surface area contributed by atoms with E-state index in [9.17, 15) is 4.79 Å². The summed E-state index contributed by atoms with van der Waals surface area (Å²) in [6, 6.07) is 9.04. The molecule has 1 amide bonds. The summed E-state index contributed by atoms with van der Waals surface area (Å²) in [6.07, 6.45) is 2.64. The molecule has 4 nitrogen and oxygen atoms in total. The van der Waals surface area contributed by atoms with Crippen molar-refractivity contribution in [3.8, 4) is 0 Å². The van der Waals surface area contributed by atoms with Gasteiger partial charge in [-0.15, -0.1) is 11.3 Å². The Hall–Kier alpha value is -1.27. The number of thiophene rings is 1. The number of carbonyl (C=O) groups excluding carboxylic acids is 1. The van der Waals surface area contributed by atoms with Gasteiger partial charge in [-0.3, -0.25) is 9.80 Å². The molecule has 1 unspecified atom stereocenters. The average Bonchev–Trinajstić information content (AvgIpc) is 3.34. The van der Waals surface area contributed by atoms with Crippen LogP contribution in [-0.2, 0) is 4.79 Å². The number of nitrogens with zero attached hydrogens (tertiary/aromatic N) is 3. The van der Waals surface area contributed by atoms with E-state index in [4.69, 9.17) is 34.8 Å². The SMILES string of the molecule is O=C(C1=NN(c2ccc(Cl)cc2Cl)C(c2ccc(Cl)s2)C1)N1CCCC1. The lowest BCUT2D eigenvalue weighted by atomic mass is 10.1. The highest BCUT2D eigenvalue weighted by Crippen LogP contribution is 2.42. The quantitative estimate of drug-likeness (QED) is 0.634. The largest absolute Gasteiger partial charge is 0.338 e. The molecule has 26 heavy (non-hydrogen) atoms. The van der Waals surface area contributed by atoms with Gasteiger partial charge in [0.25, 0.3) is 5.91 Å². The molecule has 1 aromatic heterocycles. The van der Waals surface area contributed by atoms with E-state index in [2.05, 4.69) is 5.10 Å². The molecule has 2 aliphatic heterocycles.